The Morgan fingerprint density at radius 1 is 1.15 bits per heavy atom. The number of carbonyl (C=O) groups excluding carboxylic acids is 2. The number of hydrogen-bond acceptors (Lipinski definition) is 4. The fourth-order valence-corrected chi connectivity index (χ4v) is 4.34. The maximum atomic E-state index is 12.4. The van der Waals surface area contributed by atoms with Gasteiger partial charge in [-0.2, -0.15) is 0 Å². The molecule has 6 heteroatoms. The molecule has 0 saturated heterocycles. The molecular formula is C20H18N2O3S. The van der Waals surface area contributed by atoms with Crippen LogP contribution in [0.5, 0.6) is 0 Å². The van der Waals surface area contributed by atoms with E-state index in [1.807, 2.05) is 29.2 Å². The van der Waals surface area contributed by atoms with Gasteiger partial charge in [-0.05, 0) is 41.6 Å². The topological polar surface area (TPSA) is 62.6 Å². The molecule has 3 heterocycles. The number of thiophene rings is 1. The molecule has 26 heavy (non-hydrogen) atoms. The van der Waals surface area contributed by atoms with Gasteiger partial charge in [0.25, 0.3) is 5.91 Å². The molecule has 0 fully saturated rings. The predicted molar refractivity (Wildman–Crippen MR) is 100 cm³/mol. The van der Waals surface area contributed by atoms with E-state index >= 15 is 0 Å². The normalized spacial score (nSPS) is 16.2. The van der Waals surface area contributed by atoms with E-state index < -0.39 is 0 Å². The number of anilines is 1. The largest absolute Gasteiger partial charge is 0.459 e. The average Bonchev–Trinajstić information content (AvgIpc) is 3.33. The molecule has 0 spiro atoms. The van der Waals surface area contributed by atoms with Gasteiger partial charge in [-0.3, -0.25) is 9.59 Å². The van der Waals surface area contributed by atoms with Crippen LogP contribution in [0.4, 0.5) is 5.69 Å². The van der Waals surface area contributed by atoms with E-state index in [4.69, 9.17) is 4.42 Å². The first-order chi connectivity index (χ1) is 12.6. The lowest BCUT2D eigenvalue weighted by molar-refractivity contribution is -0.130. The summed E-state index contributed by atoms with van der Waals surface area (Å²) in [5.41, 5.74) is 2.72. The van der Waals surface area contributed by atoms with E-state index in [9.17, 15) is 9.59 Å². The van der Waals surface area contributed by atoms with Crippen molar-refractivity contribution in [3.8, 4) is 0 Å². The van der Waals surface area contributed by atoms with Gasteiger partial charge in [0.05, 0.1) is 12.3 Å². The molecule has 1 aliphatic heterocycles. The van der Waals surface area contributed by atoms with Crippen molar-refractivity contribution in [2.24, 2.45) is 0 Å². The van der Waals surface area contributed by atoms with Crippen molar-refractivity contribution in [2.45, 2.75) is 19.4 Å². The Balaban J connectivity index is 1.75. The van der Waals surface area contributed by atoms with Crippen LogP contribution in [-0.2, 0) is 11.2 Å². The number of carbonyl (C=O) groups is 2. The van der Waals surface area contributed by atoms with Crippen LogP contribution in [-0.4, -0.2) is 23.3 Å². The van der Waals surface area contributed by atoms with Crippen molar-refractivity contribution in [1.29, 1.82) is 0 Å². The molecule has 1 atom stereocenters. The first kappa shape index (κ1) is 16.6. The highest BCUT2D eigenvalue weighted by molar-refractivity contribution is 7.10. The Morgan fingerprint density at radius 3 is 2.77 bits per heavy atom. The number of furan rings is 1. The molecule has 3 aromatic rings. The van der Waals surface area contributed by atoms with E-state index in [0.717, 1.165) is 17.5 Å². The van der Waals surface area contributed by atoms with Gasteiger partial charge in [-0.1, -0.05) is 18.2 Å². The number of hydrogen-bond donors (Lipinski definition) is 1. The number of amides is 2. The summed E-state index contributed by atoms with van der Waals surface area (Å²) in [4.78, 5) is 27.9. The average molecular weight is 366 g/mol. The summed E-state index contributed by atoms with van der Waals surface area (Å²) >= 11 is 1.72. The molecule has 1 aromatic carbocycles. The van der Waals surface area contributed by atoms with E-state index in [-0.39, 0.29) is 23.6 Å². The lowest BCUT2D eigenvalue weighted by Crippen LogP contribution is -2.39. The summed E-state index contributed by atoms with van der Waals surface area (Å²) in [7, 11) is 0. The van der Waals surface area contributed by atoms with Gasteiger partial charge in [-0.25, -0.2) is 0 Å². The first-order valence-corrected chi connectivity index (χ1v) is 9.30. The zero-order valence-electron chi connectivity index (χ0n) is 14.3. The van der Waals surface area contributed by atoms with Gasteiger partial charge < -0.3 is 14.6 Å². The lowest BCUT2D eigenvalue weighted by Gasteiger charge is -2.36. The molecule has 0 saturated carbocycles. The highest BCUT2D eigenvalue weighted by atomic mass is 32.1. The van der Waals surface area contributed by atoms with Crippen LogP contribution in [0.25, 0.3) is 0 Å². The van der Waals surface area contributed by atoms with Crippen molar-refractivity contribution in [3.05, 3.63) is 75.9 Å². The zero-order chi connectivity index (χ0) is 18.1. The van der Waals surface area contributed by atoms with Crippen LogP contribution in [0.2, 0.25) is 0 Å². The number of benzene rings is 1. The molecule has 1 N–H and O–H groups in total. The second-order valence-electron chi connectivity index (χ2n) is 6.18. The smallest absolute Gasteiger partial charge is 0.291 e. The lowest BCUT2D eigenvalue weighted by atomic mass is 9.92. The SMILES string of the molecule is CC(=O)N1CCc2sccc2[C@@H]1c1ccccc1NC(=O)c1ccco1. The minimum atomic E-state index is -0.307. The fourth-order valence-electron chi connectivity index (χ4n) is 3.43. The molecule has 2 amide bonds. The highest BCUT2D eigenvalue weighted by Gasteiger charge is 2.32. The van der Waals surface area contributed by atoms with E-state index in [0.29, 0.717) is 12.2 Å². The van der Waals surface area contributed by atoms with Gasteiger partial charge in [-0.15, -0.1) is 11.3 Å². The molecule has 0 radical (unpaired) electrons. The second-order valence-corrected chi connectivity index (χ2v) is 7.18. The number of para-hydroxylation sites is 1. The van der Waals surface area contributed by atoms with E-state index in [1.165, 1.54) is 11.1 Å². The minimum Gasteiger partial charge on any atom is -0.459 e. The Hall–Kier alpha value is -2.86. The molecule has 2 aromatic heterocycles. The highest BCUT2D eigenvalue weighted by Crippen LogP contribution is 2.40. The minimum absolute atomic E-state index is 0.0269. The summed E-state index contributed by atoms with van der Waals surface area (Å²) in [6, 6.07) is 12.8. The van der Waals surface area contributed by atoms with Crippen LogP contribution in [0.15, 0.2) is 58.5 Å². The standard InChI is InChI=1S/C20H18N2O3S/c1-13(23)22-10-8-18-15(9-12-26-18)19(22)14-5-2-3-6-16(14)21-20(24)17-7-4-11-25-17/h2-7,9,11-12,19H,8,10H2,1H3,(H,21,24)/t19-/m0/s1. The number of nitrogens with one attached hydrogen (secondary N) is 1. The molecule has 0 unspecified atom stereocenters. The summed E-state index contributed by atoms with van der Waals surface area (Å²) in [5, 5.41) is 4.99. The third-order valence-electron chi connectivity index (χ3n) is 4.62. The monoisotopic (exact) mass is 366 g/mol. The molecule has 4 rings (SSSR count). The Kier molecular flexibility index (Phi) is 4.34. The van der Waals surface area contributed by atoms with Gasteiger partial charge in [0.2, 0.25) is 5.91 Å². The van der Waals surface area contributed by atoms with Gasteiger partial charge in [0, 0.05) is 29.6 Å². The molecular weight excluding hydrogens is 348 g/mol. The summed E-state index contributed by atoms with van der Waals surface area (Å²) in [5.74, 6) is -0.0275. The second kappa shape index (κ2) is 6.80. The zero-order valence-corrected chi connectivity index (χ0v) is 15.1. The molecule has 132 valence electrons. The van der Waals surface area contributed by atoms with Crippen LogP contribution in [0.3, 0.4) is 0 Å². The molecule has 0 aliphatic carbocycles. The summed E-state index contributed by atoms with van der Waals surface area (Å²) in [6.07, 6.45) is 2.33. The maximum absolute atomic E-state index is 12.4. The van der Waals surface area contributed by atoms with Crippen LogP contribution < -0.4 is 5.32 Å². The van der Waals surface area contributed by atoms with Crippen molar-refractivity contribution in [1.82, 2.24) is 4.90 Å². The predicted octanol–water partition coefficient (Wildman–Crippen LogP) is 4.09. The van der Waals surface area contributed by atoms with Gasteiger partial charge in [0.1, 0.15) is 0 Å². The molecule has 5 nitrogen and oxygen atoms in total. The van der Waals surface area contributed by atoms with Crippen LogP contribution in [0.1, 0.15) is 39.5 Å². The Morgan fingerprint density at radius 2 is 2.00 bits per heavy atom. The third-order valence-corrected chi connectivity index (χ3v) is 5.62. The molecule has 0 bridgehead atoms. The number of fused-ring (bicyclic) bond motifs is 1. The third kappa shape index (κ3) is 2.93. The van der Waals surface area contributed by atoms with Crippen molar-refractivity contribution >= 4 is 28.8 Å². The van der Waals surface area contributed by atoms with Gasteiger partial charge in [0.15, 0.2) is 5.76 Å². The Labute approximate surface area is 155 Å². The Bertz CT molecular complexity index is 946. The van der Waals surface area contributed by atoms with Crippen LogP contribution in [0, 0.1) is 0 Å². The summed E-state index contributed by atoms with van der Waals surface area (Å²) in [6.45, 7) is 2.27. The van der Waals surface area contributed by atoms with E-state index in [1.54, 1.807) is 30.4 Å². The van der Waals surface area contributed by atoms with Crippen molar-refractivity contribution < 1.29 is 14.0 Å². The van der Waals surface area contributed by atoms with Gasteiger partial charge >= 0.3 is 0 Å². The van der Waals surface area contributed by atoms with Crippen molar-refractivity contribution in [3.63, 3.8) is 0 Å². The maximum Gasteiger partial charge on any atom is 0.291 e. The number of rotatable bonds is 3. The quantitative estimate of drug-likeness (QED) is 0.759. The van der Waals surface area contributed by atoms with E-state index in [2.05, 4.69) is 16.8 Å². The van der Waals surface area contributed by atoms with Crippen molar-refractivity contribution in [2.75, 3.05) is 11.9 Å². The molecule has 1 aliphatic rings. The first-order valence-electron chi connectivity index (χ1n) is 8.42. The van der Waals surface area contributed by atoms with Crippen LogP contribution >= 0.6 is 11.3 Å². The fraction of sp³-hybridized carbons (Fsp3) is 0.200. The summed E-state index contributed by atoms with van der Waals surface area (Å²) < 4.78 is 5.18. The number of nitrogens with zero attached hydrogens (tertiary/aromatic N) is 1.